The summed E-state index contributed by atoms with van der Waals surface area (Å²) < 4.78 is 9.06. The van der Waals surface area contributed by atoms with Gasteiger partial charge in [-0.15, -0.1) is 0 Å². The van der Waals surface area contributed by atoms with E-state index < -0.39 is 17.7 Å². The van der Waals surface area contributed by atoms with Gasteiger partial charge in [0.25, 0.3) is 0 Å². The highest BCUT2D eigenvalue weighted by Crippen LogP contribution is 2.39. The molecule has 0 N–H and O–H groups in total. The number of imidazole rings is 1. The third-order valence-electron chi connectivity index (χ3n) is 9.97. The van der Waals surface area contributed by atoms with Crippen LogP contribution in [0.25, 0.3) is 0 Å². The lowest BCUT2D eigenvalue weighted by molar-refractivity contribution is -0.140. The molecule has 2 aliphatic rings. The van der Waals surface area contributed by atoms with Crippen LogP contribution in [0.2, 0.25) is 5.02 Å². The lowest BCUT2D eigenvalue weighted by Gasteiger charge is -2.45. The van der Waals surface area contributed by atoms with Crippen molar-refractivity contribution in [2.45, 2.75) is 91.6 Å². The van der Waals surface area contributed by atoms with Gasteiger partial charge in [-0.2, -0.15) is 0 Å². The first kappa shape index (κ1) is 37.0. The maximum Gasteiger partial charge on any atom is 0.411 e. The van der Waals surface area contributed by atoms with Gasteiger partial charge < -0.3 is 14.2 Å². The molecule has 1 fully saturated rings. The molecule has 270 valence electrons. The molecule has 2 atom stereocenters. The third-order valence-corrected chi connectivity index (χ3v) is 10.6. The van der Waals surface area contributed by atoms with Crippen LogP contribution in [0.4, 0.5) is 4.79 Å². The molecule has 2 aromatic carbocycles. The van der Waals surface area contributed by atoms with E-state index in [0.717, 1.165) is 69.9 Å². The van der Waals surface area contributed by atoms with E-state index in [1.807, 2.05) is 82.1 Å². The number of hydrogen-bond donors (Lipinski definition) is 0. The van der Waals surface area contributed by atoms with Gasteiger partial charge in [0.15, 0.2) is 0 Å². The quantitative estimate of drug-likeness (QED) is 0.182. The van der Waals surface area contributed by atoms with Crippen molar-refractivity contribution in [3.05, 3.63) is 115 Å². The Balaban J connectivity index is 1.36. The van der Waals surface area contributed by atoms with E-state index in [1.54, 1.807) is 4.90 Å². The highest BCUT2D eigenvalue weighted by atomic mass is 79.9. The van der Waals surface area contributed by atoms with Gasteiger partial charge in [-0.1, -0.05) is 48.0 Å². The van der Waals surface area contributed by atoms with Gasteiger partial charge in [0.2, 0.25) is 5.91 Å². The van der Waals surface area contributed by atoms with Gasteiger partial charge in [-0.25, -0.2) is 9.78 Å². The van der Waals surface area contributed by atoms with Crippen molar-refractivity contribution in [3.63, 3.8) is 0 Å². The van der Waals surface area contributed by atoms with Crippen LogP contribution >= 0.6 is 27.5 Å². The first-order valence-corrected chi connectivity index (χ1v) is 19.0. The number of rotatable bonds is 8. The summed E-state index contributed by atoms with van der Waals surface area (Å²) in [5.41, 5.74) is 6.91. The molecule has 0 radical (unpaired) electrons. The van der Waals surface area contributed by atoms with Crippen LogP contribution in [-0.4, -0.2) is 79.1 Å². The lowest BCUT2D eigenvalue weighted by atomic mass is 9.95. The van der Waals surface area contributed by atoms with Crippen LogP contribution in [0.3, 0.4) is 0 Å². The Bertz CT molecular complexity index is 1840. The van der Waals surface area contributed by atoms with E-state index in [-0.39, 0.29) is 11.9 Å². The Kier molecular flexibility index (Phi) is 11.2. The maximum absolute atomic E-state index is 15.0. The summed E-state index contributed by atoms with van der Waals surface area (Å²) in [5.74, 6) is 0.870. The van der Waals surface area contributed by atoms with Crippen LogP contribution in [0.5, 0.6) is 0 Å². The Labute approximate surface area is 315 Å². The normalized spacial score (nSPS) is 17.8. The molecule has 1 unspecified atom stereocenters. The number of aryl methyl sites for hydroxylation is 4. The number of piperazine rings is 1. The predicted molar refractivity (Wildman–Crippen MR) is 204 cm³/mol. The Morgan fingerprint density at radius 1 is 1.02 bits per heavy atom. The largest absolute Gasteiger partial charge is 0.444 e. The third kappa shape index (κ3) is 8.50. The minimum Gasteiger partial charge on any atom is -0.444 e. The van der Waals surface area contributed by atoms with Gasteiger partial charge in [0, 0.05) is 60.7 Å². The molecule has 1 aliphatic carbocycles. The second-order valence-electron chi connectivity index (χ2n) is 14.7. The molecule has 3 heterocycles. The average molecular weight is 776 g/mol. The number of halogens is 2. The summed E-state index contributed by atoms with van der Waals surface area (Å²) in [6.07, 6.45) is 3.77. The molecule has 0 saturated carbocycles. The minimum absolute atomic E-state index is 0.0985. The van der Waals surface area contributed by atoms with Gasteiger partial charge in [-0.3, -0.25) is 19.6 Å². The fraction of sp³-hybridized carbons (Fsp3) is 0.450. The molecule has 1 saturated heterocycles. The van der Waals surface area contributed by atoms with Gasteiger partial charge >= 0.3 is 6.09 Å². The van der Waals surface area contributed by atoms with E-state index in [4.69, 9.17) is 21.3 Å². The van der Waals surface area contributed by atoms with Gasteiger partial charge in [-0.05, 0) is 117 Å². The molecule has 4 aromatic rings. The van der Waals surface area contributed by atoms with Crippen LogP contribution in [0, 0.1) is 20.8 Å². The van der Waals surface area contributed by atoms with Crippen LogP contribution < -0.4 is 0 Å². The number of carbonyl (C=O) groups is 2. The van der Waals surface area contributed by atoms with E-state index in [9.17, 15) is 4.79 Å². The Morgan fingerprint density at radius 2 is 1.76 bits per heavy atom. The number of fused-ring (bicyclic) bond motifs is 2. The van der Waals surface area contributed by atoms with Crippen LogP contribution in [0.15, 0.2) is 65.3 Å². The first-order chi connectivity index (χ1) is 24.3. The molecular formula is C40H48BrClN6O3. The highest BCUT2D eigenvalue weighted by molar-refractivity contribution is 9.10. The number of pyridine rings is 1. The second kappa shape index (κ2) is 15.5. The number of benzene rings is 2. The smallest absolute Gasteiger partial charge is 0.411 e. The number of aromatic nitrogens is 3. The molecule has 6 rings (SSSR count). The van der Waals surface area contributed by atoms with E-state index >= 15 is 4.79 Å². The molecule has 11 heteroatoms. The molecular weight excluding hydrogens is 728 g/mol. The van der Waals surface area contributed by atoms with E-state index in [2.05, 4.69) is 55.5 Å². The number of carbonyl (C=O) groups excluding carboxylic acids is 2. The fourth-order valence-corrected chi connectivity index (χ4v) is 8.00. The zero-order chi connectivity index (χ0) is 36.4. The first-order valence-electron chi connectivity index (χ1n) is 17.8. The molecule has 51 heavy (non-hydrogen) atoms. The Hall–Kier alpha value is -3.73. The zero-order valence-electron chi connectivity index (χ0n) is 30.5. The molecule has 0 spiro atoms. The summed E-state index contributed by atoms with van der Waals surface area (Å²) in [6, 6.07) is 17.3. The maximum atomic E-state index is 15.0. The van der Waals surface area contributed by atoms with Crippen molar-refractivity contribution >= 4 is 39.5 Å². The minimum atomic E-state index is -0.769. The standard InChI is InChI=1S/C40H48BrClN6O3/c1-26-27(2)47(28(3)44-26)18-10-17-46(24-29-11-8-7-9-12-29)38(49)35-25-45(19-20-48(35)39(50)51-40(4,5)6)37-34-16-15-33(42)22-30(34)13-14-31-21-32(41)23-43-36(31)37/h7-9,11-12,15-16,21-23,35,37H,10,13-14,17-20,24-25H2,1-6H3/t35-,37?/m1/s1. The zero-order valence-corrected chi connectivity index (χ0v) is 32.8. The molecule has 0 bridgehead atoms. The SMILES string of the molecule is Cc1nc(C)n(CCCN(Cc2ccccc2)C(=O)[C@H]2CN(C3c4ccc(Cl)cc4CCc4cc(Br)cnc43)CCN2C(=O)OC(C)(C)C)c1C. The average Bonchev–Trinajstić information content (AvgIpc) is 3.23. The van der Waals surface area contributed by atoms with Crippen molar-refractivity contribution in [1.29, 1.82) is 0 Å². The summed E-state index contributed by atoms with van der Waals surface area (Å²) in [6.45, 7) is 14.6. The van der Waals surface area contributed by atoms with Crippen LogP contribution in [-0.2, 0) is 35.5 Å². The van der Waals surface area contributed by atoms with E-state index in [1.165, 1.54) is 5.56 Å². The molecule has 2 aromatic heterocycles. The lowest BCUT2D eigenvalue weighted by Crippen LogP contribution is -2.62. The van der Waals surface area contributed by atoms with E-state index in [0.29, 0.717) is 37.7 Å². The van der Waals surface area contributed by atoms with Crippen molar-refractivity contribution < 1.29 is 14.3 Å². The summed E-state index contributed by atoms with van der Waals surface area (Å²) >= 11 is 10.2. The predicted octanol–water partition coefficient (Wildman–Crippen LogP) is 7.85. The Morgan fingerprint density at radius 3 is 2.47 bits per heavy atom. The van der Waals surface area contributed by atoms with Crippen molar-refractivity contribution in [1.82, 2.24) is 29.2 Å². The topological polar surface area (TPSA) is 83.8 Å². The van der Waals surface area contributed by atoms with Crippen molar-refractivity contribution in [3.8, 4) is 0 Å². The molecule has 1 aliphatic heterocycles. The highest BCUT2D eigenvalue weighted by Gasteiger charge is 2.43. The van der Waals surface area contributed by atoms with Gasteiger partial charge in [0.05, 0.1) is 17.4 Å². The summed E-state index contributed by atoms with van der Waals surface area (Å²) in [4.78, 5) is 44.4. The monoisotopic (exact) mass is 774 g/mol. The van der Waals surface area contributed by atoms with Crippen molar-refractivity contribution in [2.75, 3.05) is 26.2 Å². The van der Waals surface area contributed by atoms with Crippen LogP contribution in [0.1, 0.15) is 78.4 Å². The van der Waals surface area contributed by atoms with Gasteiger partial charge in [0.1, 0.15) is 17.5 Å². The number of amides is 2. The summed E-state index contributed by atoms with van der Waals surface area (Å²) in [7, 11) is 0. The molecule has 9 nitrogen and oxygen atoms in total. The second-order valence-corrected chi connectivity index (χ2v) is 16.1. The molecule has 2 amide bonds. The number of nitrogens with zero attached hydrogens (tertiary/aromatic N) is 6. The summed E-state index contributed by atoms with van der Waals surface area (Å²) in [5, 5.41) is 0.697. The number of hydrogen-bond acceptors (Lipinski definition) is 6. The fourth-order valence-electron chi connectivity index (χ4n) is 7.42. The van der Waals surface area contributed by atoms with Crippen molar-refractivity contribution in [2.24, 2.45) is 0 Å². The number of ether oxygens (including phenoxy) is 1.